The van der Waals surface area contributed by atoms with Gasteiger partial charge in [0.25, 0.3) is 0 Å². The monoisotopic (exact) mass is 227 g/mol. The lowest BCUT2D eigenvalue weighted by Gasteiger charge is -2.30. The standard InChI is InChI=1S/C15H17NO/c1-3-8-13-11-16(12-17-15(13)4-2)14-9-6-5-7-10-14/h3-10H,2,11-12H2,1H3/b8-3-. The summed E-state index contributed by atoms with van der Waals surface area (Å²) >= 11 is 0. The predicted octanol–water partition coefficient (Wildman–Crippen LogP) is 3.50. The van der Waals surface area contributed by atoms with E-state index < -0.39 is 0 Å². The maximum atomic E-state index is 5.70. The van der Waals surface area contributed by atoms with Gasteiger partial charge in [-0.15, -0.1) is 0 Å². The summed E-state index contributed by atoms with van der Waals surface area (Å²) in [5.41, 5.74) is 2.34. The highest BCUT2D eigenvalue weighted by Crippen LogP contribution is 2.22. The molecule has 17 heavy (non-hydrogen) atoms. The Morgan fingerprint density at radius 3 is 2.71 bits per heavy atom. The highest BCUT2D eigenvalue weighted by molar-refractivity contribution is 5.49. The molecule has 0 saturated carbocycles. The number of hydrogen-bond donors (Lipinski definition) is 0. The lowest BCUT2D eigenvalue weighted by Crippen LogP contribution is -2.32. The van der Waals surface area contributed by atoms with Gasteiger partial charge in [0.05, 0.1) is 0 Å². The maximum Gasteiger partial charge on any atom is 0.161 e. The average Bonchev–Trinajstić information content (AvgIpc) is 2.40. The van der Waals surface area contributed by atoms with Crippen LogP contribution in [0.1, 0.15) is 6.92 Å². The molecule has 0 unspecified atom stereocenters. The van der Waals surface area contributed by atoms with Crippen LogP contribution in [-0.4, -0.2) is 13.3 Å². The van der Waals surface area contributed by atoms with Gasteiger partial charge < -0.3 is 9.64 Å². The molecule has 1 aromatic rings. The lowest BCUT2D eigenvalue weighted by atomic mass is 10.1. The minimum atomic E-state index is 0.576. The van der Waals surface area contributed by atoms with Crippen molar-refractivity contribution < 1.29 is 4.74 Å². The molecule has 0 radical (unpaired) electrons. The molecule has 1 aliphatic heterocycles. The third-order valence-corrected chi connectivity index (χ3v) is 2.73. The molecule has 1 aliphatic rings. The fourth-order valence-electron chi connectivity index (χ4n) is 1.90. The number of allylic oxidation sites excluding steroid dienone is 2. The molecule has 0 spiro atoms. The zero-order chi connectivity index (χ0) is 12.1. The van der Waals surface area contributed by atoms with Crippen molar-refractivity contribution in [2.75, 3.05) is 18.2 Å². The molecule has 88 valence electrons. The molecule has 0 aromatic heterocycles. The molecule has 0 amide bonds. The van der Waals surface area contributed by atoms with Crippen LogP contribution in [0.15, 0.2) is 66.5 Å². The Kier molecular flexibility index (Phi) is 3.66. The number of para-hydroxylation sites is 1. The van der Waals surface area contributed by atoms with Crippen molar-refractivity contribution in [3.63, 3.8) is 0 Å². The molecule has 1 heterocycles. The zero-order valence-corrected chi connectivity index (χ0v) is 10.1. The van der Waals surface area contributed by atoms with Gasteiger partial charge in [-0.1, -0.05) is 36.9 Å². The van der Waals surface area contributed by atoms with E-state index in [1.54, 1.807) is 6.08 Å². The van der Waals surface area contributed by atoms with Crippen molar-refractivity contribution in [2.24, 2.45) is 0 Å². The summed E-state index contributed by atoms with van der Waals surface area (Å²) in [6, 6.07) is 10.3. The summed E-state index contributed by atoms with van der Waals surface area (Å²) in [5, 5.41) is 0. The van der Waals surface area contributed by atoms with Gasteiger partial charge in [-0.3, -0.25) is 0 Å². The van der Waals surface area contributed by atoms with Crippen LogP contribution < -0.4 is 4.90 Å². The van der Waals surface area contributed by atoms with Crippen molar-refractivity contribution in [3.8, 4) is 0 Å². The number of nitrogens with zero attached hydrogens (tertiary/aromatic N) is 1. The van der Waals surface area contributed by atoms with Crippen LogP contribution >= 0.6 is 0 Å². The number of rotatable bonds is 3. The number of benzene rings is 1. The van der Waals surface area contributed by atoms with Crippen molar-refractivity contribution in [2.45, 2.75) is 6.92 Å². The van der Waals surface area contributed by atoms with Crippen LogP contribution in [0.3, 0.4) is 0 Å². The summed E-state index contributed by atoms with van der Waals surface area (Å²) in [6.07, 6.45) is 5.88. The fraction of sp³-hybridized carbons (Fsp3) is 0.200. The maximum absolute atomic E-state index is 5.70. The van der Waals surface area contributed by atoms with Gasteiger partial charge in [0.1, 0.15) is 5.76 Å². The Morgan fingerprint density at radius 1 is 1.29 bits per heavy atom. The molecular weight excluding hydrogens is 210 g/mol. The number of ether oxygens (including phenoxy) is 1. The third kappa shape index (κ3) is 2.59. The highest BCUT2D eigenvalue weighted by Gasteiger charge is 2.16. The lowest BCUT2D eigenvalue weighted by molar-refractivity contribution is 0.208. The molecule has 2 rings (SSSR count). The van der Waals surface area contributed by atoms with E-state index in [0.29, 0.717) is 6.73 Å². The van der Waals surface area contributed by atoms with E-state index in [1.165, 1.54) is 5.69 Å². The zero-order valence-electron chi connectivity index (χ0n) is 10.1. The first-order valence-corrected chi connectivity index (χ1v) is 5.76. The van der Waals surface area contributed by atoms with E-state index in [1.807, 2.05) is 31.2 Å². The Bertz CT molecular complexity index is 445. The summed E-state index contributed by atoms with van der Waals surface area (Å²) in [7, 11) is 0. The second kappa shape index (κ2) is 5.39. The van der Waals surface area contributed by atoms with E-state index in [9.17, 15) is 0 Å². The third-order valence-electron chi connectivity index (χ3n) is 2.73. The summed E-state index contributed by atoms with van der Waals surface area (Å²) in [5.74, 6) is 0.885. The predicted molar refractivity (Wildman–Crippen MR) is 71.8 cm³/mol. The van der Waals surface area contributed by atoms with Gasteiger partial charge in [0.15, 0.2) is 6.73 Å². The molecule has 0 bridgehead atoms. The van der Waals surface area contributed by atoms with Crippen LogP contribution in [0.5, 0.6) is 0 Å². The van der Waals surface area contributed by atoms with Crippen molar-refractivity contribution in [3.05, 3.63) is 66.5 Å². The van der Waals surface area contributed by atoms with E-state index in [0.717, 1.165) is 17.9 Å². The van der Waals surface area contributed by atoms with E-state index in [2.05, 4.69) is 29.7 Å². The Balaban J connectivity index is 2.22. The van der Waals surface area contributed by atoms with E-state index in [4.69, 9.17) is 4.74 Å². The molecule has 2 nitrogen and oxygen atoms in total. The van der Waals surface area contributed by atoms with E-state index in [-0.39, 0.29) is 0 Å². The Labute approximate surface area is 103 Å². The van der Waals surface area contributed by atoms with Gasteiger partial charge in [-0.05, 0) is 25.1 Å². The molecule has 1 aromatic carbocycles. The fourth-order valence-corrected chi connectivity index (χ4v) is 1.90. The van der Waals surface area contributed by atoms with Crippen LogP contribution in [0.2, 0.25) is 0 Å². The first-order chi connectivity index (χ1) is 8.35. The molecule has 0 N–H and O–H groups in total. The second-order valence-electron chi connectivity index (χ2n) is 3.90. The largest absolute Gasteiger partial charge is 0.473 e. The van der Waals surface area contributed by atoms with Crippen LogP contribution in [0, 0.1) is 0 Å². The number of anilines is 1. The SMILES string of the molecule is C=CC1=C(/C=C\C)CN(c2ccccc2)CO1. The number of hydrogen-bond acceptors (Lipinski definition) is 2. The molecule has 0 atom stereocenters. The summed E-state index contributed by atoms with van der Waals surface area (Å²) in [6.45, 7) is 7.22. The topological polar surface area (TPSA) is 12.5 Å². The summed E-state index contributed by atoms with van der Waals surface area (Å²) < 4.78 is 5.70. The molecule has 2 heteroatoms. The van der Waals surface area contributed by atoms with Gasteiger partial charge in [-0.25, -0.2) is 0 Å². The normalized spacial score (nSPS) is 16.2. The van der Waals surface area contributed by atoms with E-state index >= 15 is 0 Å². The Hall–Kier alpha value is -1.96. The molecule has 0 saturated heterocycles. The van der Waals surface area contributed by atoms with Gasteiger partial charge in [0, 0.05) is 17.8 Å². The smallest absolute Gasteiger partial charge is 0.161 e. The second-order valence-corrected chi connectivity index (χ2v) is 3.90. The molecular formula is C15H17NO. The van der Waals surface area contributed by atoms with Crippen molar-refractivity contribution in [1.29, 1.82) is 0 Å². The minimum absolute atomic E-state index is 0.576. The van der Waals surface area contributed by atoms with Crippen molar-refractivity contribution >= 4 is 5.69 Å². The Morgan fingerprint density at radius 2 is 2.06 bits per heavy atom. The highest BCUT2D eigenvalue weighted by atomic mass is 16.5. The molecule has 0 aliphatic carbocycles. The molecule has 0 fully saturated rings. The first kappa shape index (κ1) is 11.5. The first-order valence-electron chi connectivity index (χ1n) is 5.76. The van der Waals surface area contributed by atoms with Gasteiger partial charge in [0.2, 0.25) is 0 Å². The summed E-state index contributed by atoms with van der Waals surface area (Å²) in [4.78, 5) is 2.20. The minimum Gasteiger partial charge on any atom is -0.473 e. The van der Waals surface area contributed by atoms with Crippen LogP contribution in [-0.2, 0) is 4.74 Å². The van der Waals surface area contributed by atoms with Gasteiger partial charge in [-0.2, -0.15) is 0 Å². The van der Waals surface area contributed by atoms with Crippen LogP contribution in [0.25, 0.3) is 0 Å². The van der Waals surface area contributed by atoms with Crippen molar-refractivity contribution in [1.82, 2.24) is 0 Å². The van der Waals surface area contributed by atoms with Crippen LogP contribution in [0.4, 0.5) is 5.69 Å². The quantitative estimate of drug-likeness (QED) is 0.783. The average molecular weight is 227 g/mol. The van der Waals surface area contributed by atoms with Gasteiger partial charge >= 0.3 is 0 Å².